The Hall–Kier alpha value is -6.68. The Kier molecular flexibility index (Phi) is 7.61. The third-order valence-electron chi connectivity index (χ3n) is 12.7. The molecule has 0 aliphatic heterocycles. The van der Waals surface area contributed by atoms with E-state index in [1.54, 1.807) is 0 Å². The van der Waals surface area contributed by atoms with E-state index in [-0.39, 0.29) is 0 Å². The van der Waals surface area contributed by atoms with E-state index in [1.165, 1.54) is 92.8 Å². The molecule has 3 heteroatoms. The Morgan fingerprint density at radius 1 is 0.534 bits per heavy atom. The highest BCUT2D eigenvalue weighted by Crippen LogP contribution is 2.59. The van der Waals surface area contributed by atoms with Crippen LogP contribution >= 0.6 is 11.3 Å². The van der Waals surface area contributed by atoms with Gasteiger partial charge in [0.1, 0.15) is 0 Å². The predicted molar refractivity (Wildman–Crippen MR) is 247 cm³/mol. The molecule has 58 heavy (non-hydrogen) atoms. The van der Waals surface area contributed by atoms with Gasteiger partial charge in [0.25, 0.3) is 0 Å². The van der Waals surface area contributed by atoms with Crippen molar-refractivity contribution in [2.45, 2.75) is 31.1 Å². The number of aryl methyl sites for hydroxylation is 1. The molecule has 0 saturated heterocycles. The van der Waals surface area contributed by atoms with Crippen LogP contribution in [-0.4, -0.2) is 4.57 Å². The third kappa shape index (κ3) is 4.77. The number of anilines is 3. The highest BCUT2D eigenvalue weighted by molar-refractivity contribution is 7.26. The quantitative estimate of drug-likeness (QED) is 0.164. The fraction of sp³-hybridized carbons (Fsp3) is 0.0909. The molecule has 12 rings (SSSR count). The SMILES string of the molecule is C1=CC(n2c3c(c4cc(N(c5ccccc5)c5cccc6sc7cccc(C8(c9ccccc9)c9ccccc9-c9ccccc98)c7c56)ccc42)CCC=C3)=CCC1. The highest BCUT2D eigenvalue weighted by Gasteiger charge is 2.47. The van der Waals surface area contributed by atoms with Gasteiger partial charge in [0.2, 0.25) is 0 Å². The largest absolute Gasteiger partial charge is 0.310 e. The summed E-state index contributed by atoms with van der Waals surface area (Å²) in [7, 11) is 0. The number of rotatable bonds is 6. The Morgan fingerprint density at radius 3 is 1.97 bits per heavy atom. The van der Waals surface area contributed by atoms with Crippen molar-refractivity contribution in [2.75, 3.05) is 4.90 Å². The van der Waals surface area contributed by atoms with Crippen molar-refractivity contribution in [3.63, 3.8) is 0 Å². The average molecular weight is 761 g/mol. The van der Waals surface area contributed by atoms with Crippen LogP contribution in [0.1, 0.15) is 52.8 Å². The van der Waals surface area contributed by atoms with Gasteiger partial charge >= 0.3 is 0 Å². The average Bonchev–Trinajstić information content (AvgIpc) is 3.94. The number of allylic oxidation sites excluding steroid dienone is 5. The number of thiophene rings is 1. The summed E-state index contributed by atoms with van der Waals surface area (Å²) in [6, 6.07) is 61.5. The van der Waals surface area contributed by atoms with Crippen molar-refractivity contribution in [2.24, 2.45) is 0 Å². The summed E-state index contributed by atoms with van der Waals surface area (Å²) in [6.07, 6.45) is 16.0. The van der Waals surface area contributed by atoms with Crippen LogP contribution in [0.3, 0.4) is 0 Å². The summed E-state index contributed by atoms with van der Waals surface area (Å²) in [6.45, 7) is 0. The van der Waals surface area contributed by atoms with E-state index >= 15 is 0 Å². The molecule has 0 bridgehead atoms. The van der Waals surface area contributed by atoms with E-state index in [0.717, 1.165) is 31.4 Å². The Balaban J connectivity index is 1.16. The van der Waals surface area contributed by atoms with Gasteiger partial charge in [-0.2, -0.15) is 0 Å². The Morgan fingerprint density at radius 2 is 1.21 bits per heavy atom. The van der Waals surface area contributed by atoms with E-state index in [4.69, 9.17) is 0 Å². The van der Waals surface area contributed by atoms with Gasteiger partial charge < -0.3 is 9.47 Å². The van der Waals surface area contributed by atoms with Gasteiger partial charge in [0, 0.05) is 48.3 Å². The van der Waals surface area contributed by atoms with Gasteiger partial charge in [0.05, 0.1) is 16.6 Å². The minimum atomic E-state index is -0.511. The van der Waals surface area contributed by atoms with E-state index in [0.29, 0.717) is 0 Å². The third-order valence-corrected chi connectivity index (χ3v) is 13.9. The van der Waals surface area contributed by atoms with Crippen LogP contribution in [0.4, 0.5) is 17.1 Å². The molecule has 276 valence electrons. The molecule has 0 fully saturated rings. The molecule has 3 aliphatic carbocycles. The molecule has 7 aromatic carbocycles. The van der Waals surface area contributed by atoms with E-state index in [9.17, 15) is 0 Å². The summed E-state index contributed by atoms with van der Waals surface area (Å²) in [5, 5.41) is 3.95. The number of hydrogen-bond donors (Lipinski definition) is 0. The van der Waals surface area contributed by atoms with Crippen molar-refractivity contribution in [1.29, 1.82) is 0 Å². The molecular weight excluding hydrogens is 721 g/mol. The first-order valence-electron chi connectivity index (χ1n) is 20.6. The van der Waals surface area contributed by atoms with Crippen molar-refractivity contribution >= 4 is 71.2 Å². The molecule has 0 amide bonds. The summed E-state index contributed by atoms with van der Waals surface area (Å²) >= 11 is 1.90. The van der Waals surface area contributed by atoms with Gasteiger partial charge in [-0.25, -0.2) is 0 Å². The van der Waals surface area contributed by atoms with Crippen LogP contribution in [-0.2, 0) is 11.8 Å². The number of para-hydroxylation sites is 1. The molecule has 0 saturated carbocycles. The first-order valence-corrected chi connectivity index (χ1v) is 21.4. The van der Waals surface area contributed by atoms with Gasteiger partial charge in [0.15, 0.2) is 0 Å². The van der Waals surface area contributed by atoms with Crippen molar-refractivity contribution in [1.82, 2.24) is 4.57 Å². The molecule has 0 spiro atoms. The second-order valence-corrected chi connectivity index (χ2v) is 16.8. The van der Waals surface area contributed by atoms with Crippen LogP contribution in [0.25, 0.3) is 54.0 Å². The highest BCUT2D eigenvalue weighted by atomic mass is 32.1. The van der Waals surface area contributed by atoms with Gasteiger partial charge in [-0.05, 0) is 125 Å². The molecule has 2 aromatic heterocycles. The van der Waals surface area contributed by atoms with Gasteiger partial charge in [-0.1, -0.05) is 133 Å². The summed E-state index contributed by atoms with van der Waals surface area (Å²) in [4.78, 5) is 2.51. The predicted octanol–water partition coefficient (Wildman–Crippen LogP) is 15.0. The fourth-order valence-corrected chi connectivity index (χ4v) is 11.6. The Labute approximate surface area is 343 Å². The molecule has 2 nitrogen and oxygen atoms in total. The van der Waals surface area contributed by atoms with Crippen molar-refractivity contribution < 1.29 is 0 Å². The van der Waals surface area contributed by atoms with E-state index in [2.05, 4.69) is 204 Å². The van der Waals surface area contributed by atoms with Crippen LogP contribution in [0.15, 0.2) is 188 Å². The lowest BCUT2D eigenvalue weighted by atomic mass is 9.66. The number of fused-ring (bicyclic) bond motifs is 9. The van der Waals surface area contributed by atoms with Crippen LogP contribution < -0.4 is 4.90 Å². The maximum absolute atomic E-state index is 2.51. The fourth-order valence-electron chi connectivity index (χ4n) is 10.4. The molecule has 2 heterocycles. The van der Waals surface area contributed by atoms with Crippen LogP contribution in [0.2, 0.25) is 0 Å². The first kappa shape index (κ1) is 33.5. The molecule has 0 N–H and O–H groups in total. The molecular formula is C55H40N2S. The molecule has 0 unspecified atom stereocenters. The van der Waals surface area contributed by atoms with Crippen molar-refractivity contribution in [3.8, 4) is 11.1 Å². The normalized spacial score (nSPS) is 15.1. The summed E-state index contributed by atoms with van der Waals surface area (Å²) in [5.74, 6) is 0. The van der Waals surface area contributed by atoms with Gasteiger partial charge in [-0.15, -0.1) is 11.3 Å². The van der Waals surface area contributed by atoms with E-state index in [1.807, 2.05) is 11.3 Å². The summed E-state index contributed by atoms with van der Waals surface area (Å²) < 4.78 is 5.08. The van der Waals surface area contributed by atoms with E-state index < -0.39 is 5.41 Å². The maximum atomic E-state index is 2.51. The zero-order valence-electron chi connectivity index (χ0n) is 32.1. The summed E-state index contributed by atoms with van der Waals surface area (Å²) in [5.41, 5.74) is 16.2. The zero-order chi connectivity index (χ0) is 38.2. The number of nitrogens with zero attached hydrogens (tertiary/aromatic N) is 2. The monoisotopic (exact) mass is 760 g/mol. The second-order valence-electron chi connectivity index (χ2n) is 15.8. The molecule has 9 aromatic rings. The smallest absolute Gasteiger partial charge is 0.0720 e. The number of benzene rings is 7. The lowest BCUT2D eigenvalue weighted by Crippen LogP contribution is -2.28. The minimum absolute atomic E-state index is 0.511. The second kappa shape index (κ2) is 13.2. The Bertz CT molecular complexity index is 3130. The molecule has 0 radical (unpaired) electrons. The zero-order valence-corrected chi connectivity index (χ0v) is 32.9. The topological polar surface area (TPSA) is 8.17 Å². The first-order chi connectivity index (χ1) is 28.8. The molecule has 3 aliphatic rings. The van der Waals surface area contributed by atoms with Gasteiger partial charge in [-0.3, -0.25) is 0 Å². The standard InChI is InChI=1S/C55H40N2S/c1-4-18-37(19-5-1)55(45-27-13-10-24-41(45)42-25-11-14-28-46(42)55)47-29-16-32-51-53(47)54-50(31-17-33-52(54)58-51)56(38-20-6-2-7-21-38)40-34-35-49-44(36-40)43-26-12-15-30-48(43)57(49)39-22-8-3-9-23-39/h1-2,4-8,10-11,13-25,27-36H,3,9,12,26H2. The molecule has 0 atom stereocenters. The van der Waals surface area contributed by atoms with Crippen LogP contribution in [0.5, 0.6) is 0 Å². The van der Waals surface area contributed by atoms with Crippen molar-refractivity contribution in [3.05, 3.63) is 222 Å². The number of aromatic nitrogens is 1. The minimum Gasteiger partial charge on any atom is -0.310 e. The lowest BCUT2D eigenvalue weighted by molar-refractivity contribution is 0.777. The maximum Gasteiger partial charge on any atom is 0.0720 e. The lowest BCUT2D eigenvalue weighted by Gasteiger charge is -2.35. The number of hydrogen-bond acceptors (Lipinski definition) is 2. The van der Waals surface area contributed by atoms with Crippen LogP contribution in [0, 0.1) is 0 Å².